The topological polar surface area (TPSA) is 113 Å². The number of nitrogens with zero attached hydrogens (tertiary/aromatic N) is 2. The molecule has 1 aliphatic carbocycles. The summed E-state index contributed by atoms with van der Waals surface area (Å²) in [5.41, 5.74) is 1.04. The van der Waals surface area contributed by atoms with Crippen LogP contribution in [0.2, 0.25) is 0 Å². The molecular weight excluding hydrogens is 390 g/mol. The predicted octanol–water partition coefficient (Wildman–Crippen LogP) is 0.856. The lowest BCUT2D eigenvalue weighted by atomic mass is 9.85. The Labute approximate surface area is 172 Å². The minimum atomic E-state index is -0.688. The van der Waals surface area contributed by atoms with E-state index in [0.717, 1.165) is 4.90 Å². The monoisotopic (exact) mass is 411 g/mol. The number of hydrogen-bond donors (Lipinski definition) is 1. The van der Waals surface area contributed by atoms with Gasteiger partial charge >= 0.3 is 5.97 Å². The van der Waals surface area contributed by atoms with Crippen LogP contribution in [0.25, 0.3) is 0 Å². The zero-order valence-electron chi connectivity index (χ0n) is 16.2. The van der Waals surface area contributed by atoms with Crippen LogP contribution in [0.5, 0.6) is 0 Å². The molecule has 1 N–H and O–H groups in total. The van der Waals surface area contributed by atoms with Crippen molar-refractivity contribution in [3.8, 4) is 0 Å². The van der Waals surface area contributed by atoms with Crippen LogP contribution in [0.4, 0.5) is 11.4 Å². The van der Waals surface area contributed by atoms with Crippen LogP contribution < -0.4 is 10.2 Å². The quantitative estimate of drug-likeness (QED) is 0.437. The summed E-state index contributed by atoms with van der Waals surface area (Å²) in [4.78, 5) is 63.6. The van der Waals surface area contributed by atoms with E-state index in [2.05, 4.69) is 5.32 Å². The van der Waals surface area contributed by atoms with Crippen LogP contribution in [0, 0.1) is 11.8 Å². The normalized spacial score (nSPS) is 22.5. The average molecular weight is 411 g/mol. The van der Waals surface area contributed by atoms with Crippen LogP contribution in [-0.4, -0.2) is 54.2 Å². The number of benzene rings is 1. The van der Waals surface area contributed by atoms with E-state index >= 15 is 0 Å². The molecule has 2 heterocycles. The van der Waals surface area contributed by atoms with Gasteiger partial charge in [-0.25, -0.2) is 0 Å². The number of hydrogen-bond acceptors (Lipinski definition) is 6. The first-order valence-electron chi connectivity index (χ1n) is 9.81. The Morgan fingerprint density at radius 1 is 1.03 bits per heavy atom. The van der Waals surface area contributed by atoms with Crippen molar-refractivity contribution in [2.24, 2.45) is 11.8 Å². The van der Waals surface area contributed by atoms with E-state index < -0.39 is 18.5 Å². The molecular formula is C21H21N3O6. The molecule has 1 fully saturated rings. The number of ether oxygens (including phenoxy) is 1. The van der Waals surface area contributed by atoms with Crippen LogP contribution in [0.1, 0.15) is 19.3 Å². The third-order valence-electron chi connectivity index (χ3n) is 5.57. The van der Waals surface area contributed by atoms with Crippen molar-refractivity contribution >= 4 is 41.0 Å². The van der Waals surface area contributed by atoms with Crippen LogP contribution in [0.15, 0.2) is 36.4 Å². The molecule has 30 heavy (non-hydrogen) atoms. The van der Waals surface area contributed by atoms with Crippen molar-refractivity contribution in [2.75, 3.05) is 29.9 Å². The molecule has 0 unspecified atom stereocenters. The van der Waals surface area contributed by atoms with E-state index in [9.17, 15) is 24.0 Å². The van der Waals surface area contributed by atoms with Crippen molar-refractivity contribution in [2.45, 2.75) is 19.3 Å². The molecule has 9 nitrogen and oxygen atoms in total. The lowest BCUT2D eigenvalue weighted by Gasteiger charge is -2.28. The molecule has 0 aromatic heterocycles. The highest BCUT2D eigenvalue weighted by atomic mass is 16.5. The molecule has 4 rings (SSSR count). The molecule has 0 bridgehead atoms. The maximum absolute atomic E-state index is 12.5. The van der Waals surface area contributed by atoms with Gasteiger partial charge in [-0.2, -0.15) is 0 Å². The van der Waals surface area contributed by atoms with E-state index in [-0.39, 0.29) is 49.1 Å². The third kappa shape index (κ3) is 3.70. The lowest BCUT2D eigenvalue weighted by molar-refractivity contribution is -0.149. The van der Waals surface area contributed by atoms with Gasteiger partial charge in [0, 0.05) is 6.54 Å². The maximum atomic E-state index is 12.5. The number of carbonyl (C=O) groups excluding carboxylic acids is 5. The molecule has 3 aliphatic rings. The summed E-state index contributed by atoms with van der Waals surface area (Å²) in [5.74, 6) is -2.75. The number of amides is 4. The Hall–Kier alpha value is -3.49. The van der Waals surface area contributed by atoms with Gasteiger partial charge in [0.05, 0.1) is 29.6 Å². The number of anilines is 2. The van der Waals surface area contributed by atoms with E-state index in [0.29, 0.717) is 24.2 Å². The summed E-state index contributed by atoms with van der Waals surface area (Å²) >= 11 is 0. The lowest BCUT2D eigenvalue weighted by Crippen LogP contribution is -2.44. The molecule has 1 saturated heterocycles. The molecule has 0 radical (unpaired) electrons. The van der Waals surface area contributed by atoms with Crippen LogP contribution >= 0.6 is 0 Å². The summed E-state index contributed by atoms with van der Waals surface area (Å²) in [6.45, 7) is -0.759. The van der Waals surface area contributed by atoms with Gasteiger partial charge in [0.2, 0.25) is 17.7 Å². The molecule has 1 aromatic carbocycles. The van der Waals surface area contributed by atoms with Crippen molar-refractivity contribution in [3.05, 3.63) is 36.4 Å². The van der Waals surface area contributed by atoms with Gasteiger partial charge in [-0.15, -0.1) is 0 Å². The van der Waals surface area contributed by atoms with Crippen molar-refractivity contribution < 1.29 is 28.7 Å². The van der Waals surface area contributed by atoms with Gasteiger partial charge in [-0.3, -0.25) is 33.8 Å². The predicted molar refractivity (Wildman–Crippen MR) is 105 cm³/mol. The minimum absolute atomic E-state index is 0.0629. The highest BCUT2D eigenvalue weighted by Crippen LogP contribution is 2.35. The zero-order valence-corrected chi connectivity index (χ0v) is 16.2. The van der Waals surface area contributed by atoms with Crippen LogP contribution in [-0.2, 0) is 28.7 Å². The van der Waals surface area contributed by atoms with Crippen LogP contribution in [0.3, 0.4) is 0 Å². The summed E-state index contributed by atoms with van der Waals surface area (Å²) < 4.78 is 5.03. The Balaban J connectivity index is 1.29. The number of allylic oxidation sites excluding steroid dienone is 2. The van der Waals surface area contributed by atoms with Gasteiger partial charge in [-0.1, -0.05) is 24.3 Å². The smallest absolute Gasteiger partial charge is 0.308 e. The number of esters is 1. The molecule has 0 spiro atoms. The number of para-hydroxylation sites is 2. The molecule has 4 amide bonds. The molecule has 1 aromatic rings. The number of imide groups is 1. The number of fused-ring (bicyclic) bond motifs is 2. The first kappa shape index (κ1) is 19.8. The first-order valence-corrected chi connectivity index (χ1v) is 9.81. The van der Waals surface area contributed by atoms with Gasteiger partial charge in [-0.05, 0) is 25.0 Å². The SMILES string of the molecule is O=C1CN(C(=O)COC(=O)CCN2C(=O)[C@H]3CC=CC[C@@H]3C2=O)c2ccccc2N1. The third-order valence-corrected chi connectivity index (χ3v) is 5.57. The largest absolute Gasteiger partial charge is 0.455 e. The van der Waals surface area contributed by atoms with E-state index in [4.69, 9.17) is 4.74 Å². The van der Waals surface area contributed by atoms with Gasteiger partial charge in [0.25, 0.3) is 5.91 Å². The number of nitrogens with one attached hydrogen (secondary N) is 1. The van der Waals surface area contributed by atoms with E-state index in [1.807, 2.05) is 12.2 Å². The van der Waals surface area contributed by atoms with E-state index in [1.54, 1.807) is 24.3 Å². The Morgan fingerprint density at radius 2 is 1.70 bits per heavy atom. The van der Waals surface area contributed by atoms with Crippen molar-refractivity contribution in [1.82, 2.24) is 4.90 Å². The zero-order chi connectivity index (χ0) is 21.3. The molecule has 0 saturated carbocycles. The Morgan fingerprint density at radius 3 is 2.40 bits per heavy atom. The molecule has 156 valence electrons. The minimum Gasteiger partial charge on any atom is -0.455 e. The number of carbonyl (C=O) groups is 5. The molecule has 2 atom stereocenters. The van der Waals surface area contributed by atoms with Gasteiger partial charge < -0.3 is 10.1 Å². The summed E-state index contributed by atoms with van der Waals surface area (Å²) in [5, 5.41) is 2.68. The fourth-order valence-corrected chi connectivity index (χ4v) is 4.04. The Bertz CT molecular complexity index is 930. The fourth-order valence-electron chi connectivity index (χ4n) is 4.04. The highest BCUT2D eigenvalue weighted by molar-refractivity contribution is 6.10. The second-order valence-corrected chi connectivity index (χ2v) is 7.44. The average Bonchev–Trinajstić information content (AvgIpc) is 3.00. The fraction of sp³-hybridized carbons (Fsp3) is 0.381. The standard InChI is InChI=1S/C21H21N3O6/c25-17-11-24(16-8-4-3-7-15(16)22-17)18(26)12-30-19(27)9-10-23-20(28)13-5-1-2-6-14(13)21(23)29/h1-4,7-8,13-14H,5-6,9-12H2,(H,22,25)/t13-,14-/m0/s1. The second-order valence-electron chi connectivity index (χ2n) is 7.44. The number of likely N-dealkylation sites (tertiary alicyclic amines) is 1. The van der Waals surface area contributed by atoms with Crippen molar-refractivity contribution in [1.29, 1.82) is 0 Å². The molecule has 9 heteroatoms. The summed E-state index contributed by atoms with van der Waals surface area (Å²) in [7, 11) is 0. The highest BCUT2D eigenvalue weighted by Gasteiger charge is 2.47. The second kappa shape index (κ2) is 8.10. The molecule has 2 aliphatic heterocycles. The maximum Gasteiger partial charge on any atom is 0.308 e. The Kier molecular flexibility index (Phi) is 5.35. The van der Waals surface area contributed by atoms with Gasteiger partial charge in [0.1, 0.15) is 6.54 Å². The summed E-state index contributed by atoms with van der Waals surface area (Å²) in [6, 6.07) is 6.84. The van der Waals surface area contributed by atoms with Gasteiger partial charge in [0.15, 0.2) is 6.61 Å². The van der Waals surface area contributed by atoms with Crippen molar-refractivity contribution in [3.63, 3.8) is 0 Å². The number of rotatable bonds is 5. The first-order chi connectivity index (χ1) is 14.5. The van der Waals surface area contributed by atoms with E-state index in [1.165, 1.54) is 4.90 Å². The summed E-state index contributed by atoms with van der Waals surface area (Å²) in [6.07, 6.45) is 4.68.